The number of nitrogens with one attached hydrogen (secondary N) is 1. The molecule has 2 aromatic rings. The molecule has 2 aliphatic heterocycles. The van der Waals surface area contributed by atoms with E-state index in [0.717, 1.165) is 0 Å². The lowest BCUT2D eigenvalue weighted by molar-refractivity contribution is -0.148. The topological polar surface area (TPSA) is 161 Å². The molecule has 4 rings (SSSR count). The number of methoxy groups -OCH3 is 2. The number of hydrogen-bond donors (Lipinski definition) is 1. The highest BCUT2D eigenvalue weighted by atomic mass is 35.5. The van der Waals surface area contributed by atoms with E-state index in [1.807, 2.05) is 20.8 Å². The van der Waals surface area contributed by atoms with Crippen LogP contribution in [0.1, 0.15) is 62.3 Å². The van der Waals surface area contributed by atoms with Crippen LogP contribution in [0.3, 0.4) is 0 Å². The van der Waals surface area contributed by atoms with Crippen LogP contribution >= 0.6 is 34.8 Å². The van der Waals surface area contributed by atoms with Gasteiger partial charge in [-0.1, -0.05) is 23.2 Å². The zero-order chi connectivity index (χ0) is 40.1. The molecule has 0 saturated carbocycles. The van der Waals surface area contributed by atoms with Crippen LogP contribution in [0.15, 0.2) is 48.5 Å². The highest BCUT2D eigenvalue weighted by Crippen LogP contribution is 2.20. The van der Waals surface area contributed by atoms with Gasteiger partial charge < -0.3 is 39.0 Å². The molecule has 2 saturated heterocycles. The van der Waals surface area contributed by atoms with Gasteiger partial charge in [-0.2, -0.15) is 0 Å². The van der Waals surface area contributed by atoms with Gasteiger partial charge in [-0.05, 0) is 102 Å². The van der Waals surface area contributed by atoms with E-state index in [-0.39, 0.29) is 38.1 Å². The maximum absolute atomic E-state index is 12.8. The van der Waals surface area contributed by atoms with Gasteiger partial charge in [0.2, 0.25) is 0 Å². The predicted octanol–water partition coefficient (Wildman–Crippen LogP) is 5.66. The van der Waals surface area contributed by atoms with Crippen molar-refractivity contribution >= 4 is 70.1 Å². The zero-order valence-electron chi connectivity index (χ0n) is 31.1. The minimum absolute atomic E-state index is 0.0148. The fourth-order valence-corrected chi connectivity index (χ4v) is 5.12. The second-order valence-electron chi connectivity index (χ2n) is 13.7. The third-order valence-electron chi connectivity index (χ3n) is 7.24. The number of halogens is 3. The van der Waals surface area contributed by atoms with Crippen molar-refractivity contribution in [3.8, 4) is 0 Å². The molecule has 292 valence electrons. The number of carbonyl (C=O) groups excluding carboxylic acids is 6. The van der Waals surface area contributed by atoms with Gasteiger partial charge in [-0.3, -0.25) is 14.4 Å². The van der Waals surface area contributed by atoms with Gasteiger partial charge in [0.1, 0.15) is 23.3 Å². The Morgan fingerprint density at radius 3 is 1.55 bits per heavy atom. The molecule has 2 fully saturated rings. The van der Waals surface area contributed by atoms with E-state index in [9.17, 15) is 28.8 Å². The lowest BCUT2D eigenvalue weighted by Crippen LogP contribution is -2.60. The lowest BCUT2D eigenvalue weighted by atomic mass is 10.1. The van der Waals surface area contributed by atoms with Crippen LogP contribution in [0.5, 0.6) is 0 Å². The van der Waals surface area contributed by atoms with Crippen molar-refractivity contribution in [1.82, 2.24) is 20.0 Å². The molecule has 2 heterocycles. The van der Waals surface area contributed by atoms with Gasteiger partial charge >= 0.3 is 24.1 Å². The average molecular weight is 802 g/mol. The molecule has 17 heteroatoms. The summed E-state index contributed by atoms with van der Waals surface area (Å²) in [6.45, 7) is 12.6. The molecule has 0 radical (unpaired) electrons. The van der Waals surface area contributed by atoms with E-state index in [1.54, 1.807) is 69.3 Å². The minimum Gasteiger partial charge on any atom is -0.468 e. The summed E-state index contributed by atoms with van der Waals surface area (Å²) in [6.07, 6.45) is -0.919. The summed E-state index contributed by atoms with van der Waals surface area (Å²) in [6, 6.07) is 11.4. The Labute approximate surface area is 324 Å². The first-order chi connectivity index (χ1) is 24.6. The predicted molar refractivity (Wildman–Crippen MR) is 199 cm³/mol. The standard InChI is InChI=1S/C18H23ClN2O5.C11H20N2O4.C7H4Cl2O/c1-18(2,3)26-17(24)20-9-10-21(14(11-20)16(23)25-4)15(22)12-5-7-13(19)8-6-12;1-11(2,3)17-10(15)13-6-5-12-8(7-13)9(14)16-4;8-6-3-1-5(2-4-6)7(9)10/h5-8,14H,9-11H2,1-4H3;8,12H,5-7H2,1-4H3;1-4H/t14-;8-;/m11./s1. The maximum atomic E-state index is 12.8. The number of piperazine rings is 2. The molecular formula is C36H47Cl3N4O10. The quantitative estimate of drug-likeness (QED) is 0.231. The van der Waals surface area contributed by atoms with Gasteiger partial charge in [0.05, 0.1) is 27.3 Å². The molecule has 2 aromatic carbocycles. The van der Waals surface area contributed by atoms with Crippen LogP contribution < -0.4 is 5.32 Å². The van der Waals surface area contributed by atoms with Crippen molar-refractivity contribution < 1.29 is 47.7 Å². The Hall–Kier alpha value is -4.11. The molecule has 2 aliphatic rings. The van der Waals surface area contributed by atoms with E-state index >= 15 is 0 Å². The first kappa shape index (κ1) is 45.0. The van der Waals surface area contributed by atoms with Gasteiger partial charge in [0.25, 0.3) is 11.1 Å². The highest BCUT2D eigenvalue weighted by Gasteiger charge is 2.39. The van der Waals surface area contributed by atoms with E-state index in [2.05, 4.69) is 10.1 Å². The van der Waals surface area contributed by atoms with E-state index < -0.39 is 46.7 Å². The van der Waals surface area contributed by atoms with Crippen molar-refractivity contribution in [3.05, 3.63) is 69.7 Å². The van der Waals surface area contributed by atoms with Gasteiger partial charge in [-0.15, -0.1) is 0 Å². The van der Waals surface area contributed by atoms with E-state index in [0.29, 0.717) is 34.3 Å². The molecule has 14 nitrogen and oxygen atoms in total. The number of ether oxygens (including phenoxy) is 4. The van der Waals surface area contributed by atoms with Gasteiger partial charge in [0.15, 0.2) is 0 Å². The summed E-state index contributed by atoms with van der Waals surface area (Å²) in [5.41, 5.74) is -0.295. The van der Waals surface area contributed by atoms with E-state index in [1.165, 1.54) is 28.9 Å². The average Bonchev–Trinajstić information content (AvgIpc) is 3.10. The van der Waals surface area contributed by atoms with Crippen LogP contribution in [0.2, 0.25) is 10.0 Å². The van der Waals surface area contributed by atoms with Crippen molar-refractivity contribution in [3.63, 3.8) is 0 Å². The van der Waals surface area contributed by atoms with Crippen molar-refractivity contribution in [2.75, 3.05) is 53.5 Å². The Bertz CT molecular complexity index is 1580. The molecule has 53 heavy (non-hydrogen) atoms. The van der Waals surface area contributed by atoms with Crippen molar-refractivity contribution in [2.24, 2.45) is 0 Å². The number of rotatable bonds is 4. The maximum Gasteiger partial charge on any atom is 0.410 e. The fourth-order valence-electron chi connectivity index (χ4n) is 4.74. The smallest absolute Gasteiger partial charge is 0.410 e. The van der Waals surface area contributed by atoms with Gasteiger partial charge in [-0.25, -0.2) is 14.4 Å². The van der Waals surface area contributed by atoms with E-state index in [4.69, 9.17) is 49.0 Å². The summed E-state index contributed by atoms with van der Waals surface area (Å²) < 4.78 is 20.1. The number of amides is 3. The second kappa shape index (κ2) is 20.4. The second-order valence-corrected chi connectivity index (χ2v) is 14.9. The molecule has 0 aromatic heterocycles. The Morgan fingerprint density at radius 1 is 0.660 bits per heavy atom. The monoisotopic (exact) mass is 800 g/mol. The number of benzene rings is 2. The molecule has 2 atom stereocenters. The van der Waals surface area contributed by atoms with Crippen LogP contribution in [0.25, 0.3) is 0 Å². The Morgan fingerprint density at radius 2 is 1.11 bits per heavy atom. The third-order valence-corrected chi connectivity index (χ3v) is 7.96. The Kier molecular flexibility index (Phi) is 17.3. The fraction of sp³-hybridized carbons (Fsp3) is 0.500. The van der Waals surface area contributed by atoms with Crippen molar-refractivity contribution in [1.29, 1.82) is 0 Å². The number of hydrogen-bond acceptors (Lipinski definition) is 11. The molecular weight excluding hydrogens is 755 g/mol. The molecule has 0 bridgehead atoms. The minimum atomic E-state index is -0.899. The summed E-state index contributed by atoms with van der Waals surface area (Å²) in [4.78, 5) is 75.3. The summed E-state index contributed by atoms with van der Waals surface area (Å²) in [7, 11) is 2.58. The molecule has 3 amide bonds. The normalized spacial score (nSPS) is 17.2. The summed E-state index contributed by atoms with van der Waals surface area (Å²) in [5.74, 6) is -1.26. The van der Waals surface area contributed by atoms with Crippen LogP contribution in [0, 0.1) is 0 Å². The van der Waals surface area contributed by atoms with Crippen LogP contribution in [-0.2, 0) is 28.5 Å². The lowest BCUT2D eigenvalue weighted by Gasteiger charge is -2.40. The first-order valence-electron chi connectivity index (χ1n) is 16.5. The van der Waals surface area contributed by atoms with Gasteiger partial charge in [0, 0.05) is 47.4 Å². The highest BCUT2D eigenvalue weighted by molar-refractivity contribution is 6.67. The first-order valence-corrected chi connectivity index (χ1v) is 17.7. The molecule has 0 spiro atoms. The largest absolute Gasteiger partial charge is 0.468 e. The number of carbonyl (C=O) groups is 6. The van der Waals surface area contributed by atoms with Crippen LogP contribution in [0.4, 0.5) is 9.59 Å². The molecule has 0 unspecified atom stereocenters. The van der Waals surface area contributed by atoms with Crippen LogP contribution in [-0.4, -0.2) is 127 Å². The van der Waals surface area contributed by atoms with Crippen molar-refractivity contribution in [2.45, 2.75) is 64.8 Å². The summed E-state index contributed by atoms with van der Waals surface area (Å²) in [5, 5.41) is 3.65. The SMILES string of the molecule is COC(=O)[C@H]1CN(C(=O)OC(C)(C)C)CCN1.COC(=O)[C@H]1CN(C(=O)OC(C)(C)C)CCN1C(=O)c1ccc(Cl)cc1.O=C(Cl)c1ccc(Cl)cc1. The Balaban J connectivity index is 0.000000307. The molecule has 0 aliphatic carbocycles. The summed E-state index contributed by atoms with van der Waals surface area (Å²) >= 11 is 16.6. The third kappa shape index (κ3) is 15.4. The number of nitrogens with zero attached hydrogens (tertiary/aromatic N) is 3. The number of esters is 2. The molecule has 1 N–H and O–H groups in total. The zero-order valence-corrected chi connectivity index (χ0v) is 33.3.